The highest BCUT2D eigenvalue weighted by atomic mass is 127. The van der Waals surface area contributed by atoms with E-state index in [4.69, 9.17) is 9.72 Å². The Balaban J connectivity index is 1.67. The monoisotopic (exact) mass is 727 g/mol. The minimum absolute atomic E-state index is 0.0388. The SMILES string of the molecule is CC(C)c1nc2ccc(Br)cc2c(=O)n1N=Cc1cc(I)c(OCc2ccccc2)c(I)c1. The van der Waals surface area contributed by atoms with Crippen LogP contribution in [0.2, 0.25) is 0 Å². The van der Waals surface area contributed by atoms with Crippen molar-refractivity contribution in [2.24, 2.45) is 5.10 Å². The lowest BCUT2D eigenvalue weighted by molar-refractivity contribution is 0.302. The first-order valence-corrected chi connectivity index (χ1v) is 13.2. The van der Waals surface area contributed by atoms with Gasteiger partial charge in [-0.2, -0.15) is 9.78 Å². The largest absolute Gasteiger partial charge is 0.487 e. The minimum Gasteiger partial charge on any atom is -0.487 e. The second-order valence-corrected chi connectivity index (χ2v) is 11.0. The third-order valence-corrected chi connectivity index (χ3v) is 7.01. The van der Waals surface area contributed by atoms with E-state index in [0.717, 1.165) is 28.5 Å². The fourth-order valence-electron chi connectivity index (χ4n) is 3.30. The summed E-state index contributed by atoms with van der Waals surface area (Å²) in [5.41, 5.74) is 2.48. The molecule has 168 valence electrons. The van der Waals surface area contributed by atoms with Crippen molar-refractivity contribution in [3.63, 3.8) is 0 Å². The maximum absolute atomic E-state index is 13.2. The molecule has 0 unspecified atom stereocenters. The van der Waals surface area contributed by atoms with Crippen LogP contribution in [0.15, 0.2) is 75.0 Å². The van der Waals surface area contributed by atoms with Gasteiger partial charge in [0.05, 0.1) is 24.3 Å². The lowest BCUT2D eigenvalue weighted by Crippen LogP contribution is -2.23. The van der Waals surface area contributed by atoms with Crippen molar-refractivity contribution >= 4 is 78.2 Å². The van der Waals surface area contributed by atoms with Gasteiger partial charge in [0, 0.05) is 10.4 Å². The summed E-state index contributed by atoms with van der Waals surface area (Å²) in [6, 6.07) is 19.6. The van der Waals surface area contributed by atoms with Crippen molar-refractivity contribution in [1.29, 1.82) is 0 Å². The smallest absolute Gasteiger partial charge is 0.282 e. The summed E-state index contributed by atoms with van der Waals surface area (Å²) in [5, 5.41) is 5.06. The second-order valence-electron chi connectivity index (χ2n) is 7.74. The molecule has 1 heterocycles. The van der Waals surface area contributed by atoms with E-state index >= 15 is 0 Å². The van der Waals surface area contributed by atoms with Crippen LogP contribution in [0.1, 0.15) is 36.7 Å². The van der Waals surface area contributed by atoms with Crippen LogP contribution >= 0.6 is 61.1 Å². The van der Waals surface area contributed by atoms with Crippen LogP contribution in [0.3, 0.4) is 0 Å². The zero-order chi connectivity index (χ0) is 23.5. The first-order chi connectivity index (χ1) is 15.8. The predicted molar refractivity (Wildman–Crippen MR) is 153 cm³/mol. The van der Waals surface area contributed by atoms with E-state index < -0.39 is 0 Å². The Bertz CT molecular complexity index is 1380. The number of aromatic nitrogens is 2. The number of fused-ring (bicyclic) bond motifs is 1. The third kappa shape index (κ3) is 5.65. The molecule has 4 aromatic rings. The van der Waals surface area contributed by atoms with Gasteiger partial charge in [-0.3, -0.25) is 4.79 Å². The molecule has 0 atom stereocenters. The molecular formula is C25H20BrI2N3O2. The Kier molecular flexibility index (Phi) is 7.85. The molecule has 0 N–H and O–H groups in total. The van der Waals surface area contributed by atoms with E-state index in [1.54, 1.807) is 12.3 Å². The highest BCUT2D eigenvalue weighted by Crippen LogP contribution is 2.29. The molecule has 0 saturated carbocycles. The first-order valence-electron chi connectivity index (χ1n) is 10.3. The van der Waals surface area contributed by atoms with Gasteiger partial charge < -0.3 is 4.74 Å². The molecule has 0 aliphatic carbocycles. The Morgan fingerprint density at radius 3 is 2.45 bits per heavy atom. The molecule has 5 nitrogen and oxygen atoms in total. The van der Waals surface area contributed by atoms with Crippen LogP contribution in [0.25, 0.3) is 10.9 Å². The van der Waals surface area contributed by atoms with E-state index in [9.17, 15) is 4.79 Å². The first kappa shape index (κ1) is 24.3. The molecule has 33 heavy (non-hydrogen) atoms. The molecule has 0 saturated heterocycles. The van der Waals surface area contributed by atoms with Gasteiger partial charge in [0.15, 0.2) is 0 Å². The number of ether oxygens (including phenoxy) is 1. The number of hydrogen-bond donors (Lipinski definition) is 0. The molecule has 0 spiro atoms. The van der Waals surface area contributed by atoms with Crippen LogP contribution in [0.5, 0.6) is 5.75 Å². The van der Waals surface area contributed by atoms with Crippen molar-refractivity contribution in [2.75, 3.05) is 0 Å². The van der Waals surface area contributed by atoms with E-state index in [-0.39, 0.29) is 11.5 Å². The zero-order valence-electron chi connectivity index (χ0n) is 17.9. The topological polar surface area (TPSA) is 56.5 Å². The van der Waals surface area contributed by atoms with Crippen molar-refractivity contribution < 1.29 is 4.74 Å². The molecule has 1 aromatic heterocycles. The van der Waals surface area contributed by atoms with E-state index in [2.05, 4.69) is 66.2 Å². The van der Waals surface area contributed by atoms with Gasteiger partial charge in [0.25, 0.3) is 5.56 Å². The Morgan fingerprint density at radius 2 is 1.79 bits per heavy atom. The average Bonchev–Trinajstić information content (AvgIpc) is 2.78. The van der Waals surface area contributed by atoms with Crippen molar-refractivity contribution in [1.82, 2.24) is 9.66 Å². The molecule has 0 amide bonds. The standard InChI is InChI=1S/C25H20BrI2N3O2/c1-15(2)24-30-22-9-8-18(26)12-19(22)25(32)31(24)29-13-17-10-20(27)23(21(28)11-17)33-14-16-6-4-3-5-7-16/h3-13,15H,14H2,1-2H3. The van der Waals surface area contributed by atoms with Gasteiger partial charge in [-0.15, -0.1) is 0 Å². The van der Waals surface area contributed by atoms with Crippen molar-refractivity contribution in [3.05, 3.63) is 99.6 Å². The average molecular weight is 728 g/mol. The molecule has 0 aliphatic heterocycles. The van der Waals surface area contributed by atoms with Crippen molar-refractivity contribution in [2.45, 2.75) is 26.4 Å². The van der Waals surface area contributed by atoms with Crippen molar-refractivity contribution in [3.8, 4) is 5.75 Å². The summed E-state index contributed by atoms with van der Waals surface area (Å²) in [6.07, 6.45) is 1.70. The molecule has 8 heteroatoms. The fraction of sp³-hybridized carbons (Fsp3) is 0.160. The lowest BCUT2D eigenvalue weighted by atomic mass is 10.2. The summed E-state index contributed by atoms with van der Waals surface area (Å²) in [5.74, 6) is 1.50. The van der Waals surface area contributed by atoms with Crippen LogP contribution in [0, 0.1) is 7.14 Å². The molecule has 0 bridgehead atoms. The van der Waals surface area contributed by atoms with Crippen LogP contribution in [-0.4, -0.2) is 15.9 Å². The summed E-state index contributed by atoms with van der Waals surface area (Å²) in [7, 11) is 0. The molecule has 0 radical (unpaired) electrons. The Hall–Kier alpha value is -1.79. The highest BCUT2D eigenvalue weighted by Gasteiger charge is 2.14. The molecule has 4 rings (SSSR count). The van der Waals surface area contributed by atoms with E-state index in [1.165, 1.54) is 4.68 Å². The molecular weight excluding hydrogens is 708 g/mol. The Labute approximate surface area is 227 Å². The zero-order valence-corrected chi connectivity index (χ0v) is 23.8. The normalized spacial score (nSPS) is 11.6. The maximum atomic E-state index is 13.2. The van der Waals surface area contributed by atoms with Crippen LogP contribution in [0.4, 0.5) is 0 Å². The van der Waals surface area contributed by atoms with Gasteiger partial charge in [0.2, 0.25) is 0 Å². The van der Waals surface area contributed by atoms with Crippen LogP contribution < -0.4 is 10.3 Å². The van der Waals surface area contributed by atoms with Gasteiger partial charge in [0.1, 0.15) is 18.2 Å². The third-order valence-electron chi connectivity index (χ3n) is 4.92. The highest BCUT2D eigenvalue weighted by molar-refractivity contribution is 14.1. The molecule has 3 aromatic carbocycles. The molecule has 0 aliphatic rings. The lowest BCUT2D eigenvalue weighted by Gasteiger charge is -2.13. The number of benzene rings is 3. The molecule has 0 fully saturated rings. The number of halogens is 3. The van der Waals surface area contributed by atoms with Gasteiger partial charge in [-0.25, -0.2) is 4.98 Å². The number of rotatable bonds is 6. The number of nitrogens with zero attached hydrogens (tertiary/aromatic N) is 3. The van der Waals surface area contributed by atoms with Gasteiger partial charge in [-0.1, -0.05) is 60.1 Å². The maximum Gasteiger partial charge on any atom is 0.282 e. The van der Waals surface area contributed by atoms with Gasteiger partial charge >= 0.3 is 0 Å². The van der Waals surface area contributed by atoms with E-state index in [1.807, 2.05) is 68.4 Å². The fourth-order valence-corrected chi connectivity index (χ4v) is 5.79. The van der Waals surface area contributed by atoms with Gasteiger partial charge in [-0.05, 0) is 86.6 Å². The van der Waals surface area contributed by atoms with Crippen LogP contribution in [-0.2, 0) is 6.61 Å². The Morgan fingerprint density at radius 1 is 1.09 bits per heavy atom. The second kappa shape index (κ2) is 10.6. The summed E-state index contributed by atoms with van der Waals surface area (Å²) >= 11 is 7.98. The summed E-state index contributed by atoms with van der Waals surface area (Å²) in [6.45, 7) is 4.51. The summed E-state index contributed by atoms with van der Waals surface area (Å²) < 4.78 is 10.3. The minimum atomic E-state index is -0.187. The summed E-state index contributed by atoms with van der Waals surface area (Å²) in [4.78, 5) is 17.9. The predicted octanol–water partition coefficient (Wildman–Crippen LogP) is 6.95. The number of hydrogen-bond acceptors (Lipinski definition) is 4. The quantitative estimate of drug-likeness (QED) is 0.160. The van der Waals surface area contributed by atoms with E-state index in [0.29, 0.717) is 23.3 Å².